The molecule has 0 atom stereocenters. The van der Waals surface area contributed by atoms with E-state index in [0.717, 1.165) is 17.7 Å². The summed E-state index contributed by atoms with van der Waals surface area (Å²) in [6.07, 6.45) is -2.94. The van der Waals surface area contributed by atoms with E-state index in [9.17, 15) is 18.0 Å². The van der Waals surface area contributed by atoms with Crippen LogP contribution in [0.25, 0.3) is 6.08 Å². The highest BCUT2D eigenvalue weighted by Gasteiger charge is 2.31. The van der Waals surface area contributed by atoms with E-state index < -0.39 is 17.7 Å². The van der Waals surface area contributed by atoms with Crippen LogP contribution < -0.4 is 9.47 Å². The second kappa shape index (κ2) is 9.20. The summed E-state index contributed by atoms with van der Waals surface area (Å²) in [4.78, 5) is 16.4. The van der Waals surface area contributed by atoms with Crippen LogP contribution in [0, 0.1) is 0 Å². The lowest BCUT2D eigenvalue weighted by atomic mass is 10.1. The van der Waals surface area contributed by atoms with Gasteiger partial charge in [0, 0.05) is 5.56 Å². The lowest BCUT2D eigenvalue weighted by molar-refractivity contribution is -0.137. The molecular weight excluding hydrogens is 435 g/mol. The molecule has 0 N–H and O–H groups in total. The predicted molar refractivity (Wildman–Crippen MR) is 116 cm³/mol. The Morgan fingerprint density at radius 1 is 0.970 bits per heavy atom. The molecule has 0 saturated carbocycles. The average molecular weight is 453 g/mol. The zero-order valence-electron chi connectivity index (χ0n) is 17.4. The molecule has 0 saturated heterocycles. The van der Waals surface area contributed by atoms with Crippen molar-refractivity contribution in [3.05, 3.63) is 101 Å². The summed E-state index contributed by atoms with van der Waals surface area (Å²) >= 11 is 0. The van der Waals surface area contributed by atoms with E-state index in [4.69, 9.17) is 14.2 Å². The Morgan fingerprint density at radius 3 is 2.36 bits per heavy atom. The molecule has 168 valence electrons. The second-order valence-electron chi connectivity index (χ2n) is 7.10. The molecule has 0 bridgehead atoms. The molecule has 1 heterocycles. The summed E-state index contributed by atoms with van der Waals surface area (Å²) in [7, 11) is 1.53. The number of halogens is 3. The molecule has 4 rings (SSSR count). The molecule has 0 radical (unpaired) electrons. The van der Waals surface area contributed by atoms with Gasteiger partial charge in [0.15, 0.2) is 17.2 Å². The fourth-order valence-electron chi connectivity index (χ4n) is 3.12. The van der Waals surface area contributed by atoms with Gasteiger partial charge in [0.2, 0.25) is 5.90 Å². The SMILES string of the molecule is COc1ccc(C=C2N=C(c3ccc(C(F)(F)F)cc3)OC2=O)cc1OCc1ccccc1. The van der Waals surface area contributed by atoms with E-state index >= 15 is 0 Å². The number of esters is 1. The van der Waals surface area contributed by atoms with E-state index in [1.807, 2.05) is 30.3 Å². The number of rotatable bonds is 6. The van der Waals surface area contributed by atoms with Gasteiger partial charge in [-0.25, -0.2) is 9.79 Å². The first-order valence-corrected chi connectivity index (χ1v) is 9.88. The lowest BCUT2D eigenvalue weighted by Gasteiger charge is -2.11. The number of ether oxygens (including phenoxy) is 3. The molecule has 33 heavy (non-hydrogen) atoms. The maximum Gasteiger partial charge on any atom is 0.416 e. The fraction of sp³-hybridized carbons (Fsp3) is 0.120. The van der Waals surface area contributed by atoms with E-state index in [2.05, 4.69) is 4.99 Å². The van der Waals surface area contributed by atoms with Gasteiger partial charge in [0.05, 0.1) is 12.7 Å². The Balaban J connectivity index is 1.56. The number of hydrogen-bond acceptors (Lipinski definition) is 5. The topological polar surface area (TPSA) is 57.1 Å². The van der Waals surface area contributed by atoms with Crippen LogP contribution in [0.2, 0.25) is 0 Å². The van der Waals surface area contributed by atoms with Gasteiger partial charge in [-0.3, -0.25) is 0 Å². The van der Waals surface area contributed by atoms with Gasteiger partial charge in [-0.05, 0) is 53.6 Å². The number of carbonyl (C=O) groups is 1. The maximum absolute atomic E-state index is 12.8. The van der Waals surface area contributed by atoms with Crippen molar-refractivity contribution in [2.24, 2.45) is 4.99 Å². The van der Waals surface area contributed by atoms with Crippen molar-refractivity contribution in [2.75, 3.05) is 7.11 Å². The van der Waals surface area contributed by atoms with Crippen LogP contribution in [0.5, 0.6) is 11.5 Å². The Hall–Kier alpha value is -4.07. The molecule has 1 aliphatic heterocycles. The van der Waals surface area contributed by atoms with Gasteiger partial charge < -0.3 is 14.2 Å². The third-order valence-corrected chi connectivity index (χ3v) is 4.81. The molecule has 0 amide bonds. The summed E-state index contributed by atoms with van der Waals surface area (Å²) in [5.41, 5.74) is 1.08. The van der Waals surface area contributed by atoms with Crippen molar-refractivity contribution >= 4 is 17.9 Å². The number of aliphatic imine (C=N–C) groups is 1. The molecule has 0 aromatic heterocycles. The van der Waals surface area contributed by atoms with Crippen LogP contribution in [-0.4, -0.2) is 19.0 Å². The highest BCUT2D eigenvalue weighted by atomic mass is 19.4. The highest BCUT2D eigenvalue weighted by molar-refractivity contribution is 6.12. The van der Waals surface area contributed by atoms with Crippen molar-refractivity contribution < 1.29 is 32.2 Å². The first-order chi connectivity index (χ1) is 15.8. The second-order valence-corrected chi connectivity index (χ2v) is 7.10. The lowest BCUT2D eigenvalue weighted by Crippen LogP contribution is -2.08. The van der Waals surface area contributed by atoms with Crippen molar-refractivity contribution in [3.63, 3.8) is 0 Å². The summed E-state index contributed by atoms with van der Waals surface area (Å²) in [5.74, 6) is 0.242. The first-order valence-electron chi connectivity index (χ1n) is 9.88. The molecule has 0 fully saturated rings. The minimum Gasteiger partial charge on any atom is -0.493 e. The van der Waals surface area contributed by atoms with Gasteiger partial charge >= 0.3 is 12.1 Å². The predicted octanol–water partition coefficient (Wildman–Crippen LogP) is 5.64. The van der Waals surface area contributed by atoms with Gasteiger partial charge in [-0.2, -0.15) is 13.2 Å². The highest BCUT2D eigenvalue weighted by Crippen LogP contribution is 2.31. The summed E-state index contributed by atoms with van der Waals surface area (Å²) in [6, 6.07) is 19.0. The largest absolute Gasteiger partial charge is 0.493 e. The van der Waals surface area contributed by atoms with Crippen LogP contribution in [0.1, 0.15) is 22.3 Å². The Morgan fingerprint density at radius 2 is 1.70 bits per heavy atom. The third-order valence-electron chi connectivity index (χ3n) is 4.81. The summed E-state index contributed by atoms with van der Waals surface area (Å²) < 4.78 is 54.6. The number of alkyl halides is 3. The average Bonchev–Trinajstić information content (AvgIpc) is 3.18. The minimum absolute atomic E-state index is 0.0177. The standard InChI is InChI=1S/C25H18F3NO4/c1-31-21-12-7-17(14-22(21)32-15-16-5-3-2-4-6-16)13-20-24(30)33-23(29-20)18-8-10-19(11-9-18)25(26,27)28/h2-14H,15H2,1H3. The van der Waals surface area contributed by atoms with Gasteiger partial charge in [-0.15, -0.1) is 0 Å². The number of hydrogen-bond donors (Lipinski definition) is 0. The Bertz CT molecular complexity index is 1220. The normalized spacial score (nSPS) is 14.7. The molecule has 8 heteroatoms. The third kappa shape index (κ3) is 5.23. The number of carbonyl (C=O) groups excluding carboxylic acids is 1. The minimum atomic E-state index is -4.45. The van der Waals surface area contributed by atoms with E-state index in [1.165, 1.54) is 25.3 Å². The smallest absolute Gasteiger partial charge is 0.416 e. The molecule has 0 spiro atoms. The van der Waals surface area contributed by atoms with Gasteiger partial charge in [0.25, 0.3) is 0 Å². The van der Waals surface area contributed by atoms with Crippen LogP contribution in [-0.2, 0) is 22.3 Å². The zero-order chi connectivity index (χ0) is 23.4. The maximum atomic E-state index is 12.8. The number of benzene rings is 3. The van der Waals surface area contributed by atoms with Gasteiger partial charge in [0.1, 0.15) is 6.61 Å². The van der Waals surface area contributed by atoms with Crippen molar-refractivity contribution in [2.45, 2.75) is 12.8 Å². The van der Waals surface area contributed by atoms with Crippen LogP contribution in [0.3, 0.4) is 0 Å². The molecule has 3 aromatic carbocycles. The monoisotopic (exact) mass is 453 g/mol. The first kappa shape index (κ1) is 22.1. The van der Waals surface area contributed by atoms with Crippen LogP contribution in [0.4, 0.5) is 13.2 Å². The fourth-order valence-corrected chi connectivity index (χ4v) is 3.12. The number of cyclic esters (lactones) is 1. The molecule has 3 aromatic rings. The Labute approximate surface area is 187 Å². The molecule has 1 aliphatic rings. The zero-order valence-corrected chi connectivity index (χ0v) is 17.4. The van der Waals surface area contributed by atoms with Crippen LogP contribution >= 0.6 is 0 Å². The molecule has 0 unspecified atom stereocenters. The Kier molecular flexibility index (Phi) is 6.17. The van der Waals surface area contributed by atoms with Crippen LogP contribution in [0.15, 0.2) is 83.5 Å². The van der Waals surface area contributed by atoms with Gasteiger partial charge in [-0.1, -0.05) is 36.4 Å². The quantitative estimate of drug-likeness (QED) is 0.358. The van der Waals surface area contributed by atoms with Crippen molar-refractivity contribution in [1.29, 1.82) is 0 Å². The number of methoxy groups -OCH3 is 1. The summed E-state index contributed by atoms with van der Waals surface area (Å²) in [6.45, 7) is 0.329. The van der Waals surface area contributed by atoms with E-state index in [-0.39, 0.29) is 17.2 Å². The van der Waals surface area contributed by atoms with E-state index in [0.29, 0.717) is 23.7 Å². The molecule has 5 nitrogen and oxygen atoms in total. The molecule has 0 aliphatic carbocycles. The van der Waals surface area contributed by atoms with E-state index in [1.54, 1.807) is 18.2 Å². The summed E-state index contributed by atoms with van der Waals surface area (Å²) in [5, 5.41) is 0. The molecular formula is C25H18F3NO4. The van der Waals surface area contributed by atoms with Crippen molar-refractivity contribution in [3.8, 4) is 11.5 Å². The number of nitrogens with zero attached hydrogens (tertiary/aromatic N) is 1. The van der Waals surface area contributed by atoms with Crippen molar-refractivity contribution in [1.82, 2.24) is 0 Å².